The Balaban J connectivity index is 1.68. The molecule has 1 saturated carbocycles. The number of nitrogens with two attached hydrogens (primary N) is 1. The molecule has 1 atom stereocenters. The van der Waals surface area contributed by atoms with Crippen molar-refractivity contribution in [3.63, 3.8) is 0 Å². The molecule has 3 rings (SSSR count). The zero-order valence-corrected chi connectivity index (χ0v) is 19.0. The number of hydrogen-bond acceptors (Lipinski definition) is 6. The molecule has 1 aliphatic carbocycles. The minimum absolute atomic E-state index is 0.00360. The normalized spacial score (nSPS) is 18.8. The van der Waals surface area contributed by atoms with E-state index in [0.29, 0.717) is 24.7 Å². The molecule has 33 heavy (non-hydrogen) atoms. The number of nitrogens with zero attached hydrogens (tertiary/aromatic N) is 1. The van der Waals surface area contributed by atoms with Crippen LogP contribution in [0.25, 0.3) is 0 Å². The summed E-state index contributed by atoms with van der Waals surface area (Å²) in [5.41, 5.74) is 6.96. The van der Waals surface area contributed by atoms with Gasteiger partial charge in [0.1, 0.15) is 18.1 Å². The maximum Gasteiger partial charge on any atom is 0.325 e. The summed E-state index contributed by atoms with van der Waals surface area (Å²) in [6, 6.07) is 9.38. The van der Waals surface area contributed by atoms with Gasteiger partial charge in [-0.1, -0.05) is 30.3 Å². The van der Waals surface area contributed by atoms with Crippen LogP contribution >= 0.6 is 0 Å². The Bertz CT molecular complexity index is 922. The van der Waals surface area contributed by atoms with Crippen LogP contribution in [0.1, 0.15) is 60.5 Å². The molecule has 0 saturated heterocycles. The summed E-state index contributed by atoms with van der Waals surface area (Å²) >= 11 is 0. The first-order valence-corrected chi connectivity index (χ1v) is 11.5. The van der Waals surface area contributed by atoms with Gasteiger partial charge in [0.25, 0.3) is 5.91 Å². The summed E-state index contributed by atoms with van der Waals surface area (Å²) in [4.78, 5) is 44.3. The Labute approximate surface area is 193 Å². The van der Waals surface area contributed by atoms with E-state index in [1.165, 1.54) is 6.20 Å². The number of aromatic amines is 1. The van der Waals surface area contributed by atoms with Crippen molar-refractivity contribution in [2.24, 2.45) is 17.6 Å². The van der Waals surface area contributed by atoms with Gasteiger partial charge in [0.05, 0.1) is 12.6 Å². The third-order valence-corrected chi connectivity index (χ3v) is 6.01. The van der Waals surface area contributed by atoms with E-state index in [1.54, 1.807) is 6.92 Å². The van der Waals surface area contributed by atoms with Gasteiger partial charge in [0.2, 0.25) is 5.91 Å². The molecule has 0 unspecified atom stereocenters. The molecule has 1 aromatic heterocycles. The number of rotatable bonds is 10. The van der Waals surface area contributed by atoms with Crippen molar-refractivity contribution < 1.29 is 19.1 Å². The number of imidazole rings is 1. The maximum absolute atomic E-state index is 13.0. The van der Waals surface area contributed by atoms with E-state index in [1.807, 2.05) is 30.3 Å². The molecule has 1 heterocycles. The first kappa shape index (κ1) is 24.4. The Morgan fingerprint density at radius 2 is 1.91 bits per heavy atom. The second-order valence-corrected chi connectivity index (χ2v) is 8.36. The number of nitrogens with one attached hydrogen (secondary N) is 3. The van der Waals surface area contributed by atoms with E-state index in [2.05, 4.69) is 20.6 Å². The van der Waals surface area contributed by atoms with E-state index in [0.717, 1.165) is 31.2 Å². The molecule has 0 aliphatic heterocycles. The maximum atomic E-state index is 13.0. The number of aromatic nitrogens is 2. The quantitative estimate of drug-likeness (QED) is 0.403. The fourth-order valence-electron chi connectivity index (χ4n) is 4.10. The molecular formula is C24H33N5O4. The molecule has 9 nitrogen and oxygen atoms in total. The second kappa shape index (κ2) is 12.2. The minimum Gasteiger partial charge on any atom is -0.465 e. The molecule has 0 bridgehead atoms. The summed E-state index contributed by atoms with van der Waals surface area (Å²) in [6.07, 6.45) is 5.58. The predicted molar refractivity (Wildman–Crippen MR) is 123 cm³/mol. The number of carbonyl (C=O) groups is 3. The molecule has 9 heteroatoms. The van der Waals surface area contributed by atoms with Crippen molar-refractivity contribution in [1.82, 2.24) is 20.6 Å². The lowest BCUT2D eigenvalue weighted by Gasteiger charge is -2.28. The lowest BCUT2D eigenvalue weighted by atomic mass is 9.81. The topological polar surface area (TPSA) is 139 Å². The molecule has 2 aromatic rings. The predicted octanol–water partition coefficient (Wildman–Crippen LogP) is 1.87. The SMILES string of the molecule is CCOC(=O)CNC(=O)c1c[nH]c([C@H](Cc2ccccc2)NC(=O)[C@H]2CC[C@H](CN)CC2)n1. The van der Waals surface area contributed by atoms with Gasteiger partial charge in [-0.25, -0.2) is 4.98 Å². The summed E-state index contributed by atoms with van der Waals surface area (Å²) in [5.74, 6) is -0.0702. The third kappa shape index (κ3) is 7.15. The van der Waals surface area contributed by atoms with Gasteiger partial charge in [0, 0.05) is 12.1 Å². The molecular weight excluding hydrogens is 422 g/mol. The van der Waals surface area contributed by atoms with E-state index in [-0.39, 0.29) is 30.7 Å². The smallest absolute Gasteiger partial charge is 0.325 e. The van der Waals surface area contributed by atoms with Crippen molar-refractivity contribution in [2.45, 2.75) is 45.1 Å². The lowest BCUT2D eigenvalue weighted by Crippen LogP contribution is -2.37. The van der Waals surface area contributed by atoms with Crippen LogP contribution in [0.4, 0.5) is 0 Å². The van der Waals surface area contributed by atoms with Crippen LogP contribution in [0.2, 0.25) is 0 Å². The first-order valence-electron chi connectivity index (χ1n) is 11.5. The van der Waals surface area contributed by atoms with Crippen LogP contribution in [0.5, 0.6) is 0 Å². The highest BCUT2D eigenvalue weighted by Crippen LogP contribution is 2.29. The highest BCUT2D eigenvalue weighted by Gasteiger charge is 2.28. The zero-order chi connectivity index (χ0) is 23.6. The van der Waals surface area contributed by atoms with Crippen LogP contribution in [0, 0.1) is 11.8 Å². The highest BCUT2D eigenvalue weighted by atomic mass is 16.5. The second-order valence-electron chi connectivity index (χ2n) is 8.36. The van der Waals surface area contributed by atoms with Gasteiger partial charge in [-0.15, -0.1) is 0 Å². The monoisotopic (exact) mass is 455 g/mol. The van der Waals surface area contributed by atoms with Crippen molar-refractivity contribution >= 4 is 17.8 Å². The molecule has 1 aliphatic rings. The zero-order valence-electron chi connectivity index (χ0n) is 19.0. The number of carbonyl (C=O) groups excluding carboxylic acids is 3. The summed E-state index contributed by atoms with van der Waals surface area (Å²) in [6.45, 7) is 2.38. The van der Waals surface area contributed by atoms with E-state index in [9.17, 15) is 14.4 Å². The average Bonchev–Trinajstić information content (AvgIpc) is 3.33. The fourth-order valence-corrected chi connectivity index (χ4v) is 4.10. The van der Waals surface area contributed by atoms with Crippen LogP contribution in [-0.4, -0.2) is 47.4 Å². The molecule has 178 valence electrons. The molecule has 1 fully saturated rings. The molecule has 1 aromatic carbocycles. The van der Waals surface area contributed by atoms with Crippen molar-refractivity contribution in [2.75, 3.05) is 19.7 Å². The van der Waals surface area contributed by atoms with E-state index < -0.39 is 17.9 Å². The largest absolute Gasteiger partial charge is 0.465 e. The number of amides is 2. The Hall–Kier alpha value is -3.20. The number of benzene rings is 1. The average molecular weight is 456 g/mol. The standard InChI is InChI=1S/C24H33N5O4/c1-2-33-21(30)15-27-24(32)20-14-26-22(28-20)19(12-16-6-4-3-5-7-16)29-23(31)18-10-8-17(13-25)9-11-18/h3-7,14,17-19H,2,8-13,15,25H2,1H3,(H,26,28)(H,27,32)(H,29,31)/t17-,18-,19-/m0/s1. The van der Waals surface area contributed by atoms with Crippen LogP contribution < -0.4 is 16.4 Å². The Kier molecular flexibility index (Phi) is 9.00. The molecule has 2 amide bonds. The van der Waals surface area contributed by atoms with Gasteiger partial charge in [-0.05, 0) is 57.1 Å². The molecule has 0 spiro atoms. The number of esters is 1. The summed E-state index contributed by atoms with van der Waals surface area (Å²) in [5, 5.41) is 5.63. The van der Waals surface area contributed by atoms with Gasteiger partial charge in [-0.2, -0.15) is 0 Å². The van der Waals surface area contributed by atoms with Crippen LogP contribution in [0.15, 0.2) is 36.5 Å². The number of ether oxygens (including phenoxy) is 1. The van der Waals surface area contributed by atoms with Crippen molar-refractivity contribution in [3.8, 4) is 0 Å². The van der Waals surface area contributed by atoms with Gasteiger partial charge < -0.3 is 26.1 Å². The Morgan fingerprint density at radius 3 is 2.58 bits per heavy atom. The molecule has 0 radical (unpaired) electrons. The number of H-pyrrole nitrogens is 1. The third-order valence-electron chi connectivity index (χ3n) is 6.01. The minimum atomic E-state index is -0.514. The Morgan fingerprint density at radius 1 is 1.18 bits per heavy atom. The highest BCUT2D eigenvalue weighted by molar-refractivity contribution is 5.94. The van der Waals surface area contributed by atoms with E-state index >= 15 is 0 Å². The lowest BCUT2D eigenvalue weighted by molar-refractivity contribution is -0.141. The van der Waals surface area contributed by atoms with Gasteiger partial charge in [-0.3, -0.25) is 14.4 Å². The summed E-state index contributed by atoms with van der Waals surface area (Å²) in [7, 11) is 0. The number of hydrogen-bond donors (Lipinski definition) is 4. The van der Waals surface area contributed by atoms with Crippen LogP contribution in [-0.2, 0) is 20.7 Å². The fraction of sp³-hybridized carbons (Fsp3) is 0.500. The molecule has 5 N–H and O–H groups in total. The first-order chi connectivity index (χ1) is 16.0. The van der Waals surface area contributed by atoms with Gasteiger partial charge in [0.15, 0.2) is 0 Å². The van der Waals surface area contributed by atoms with Gasteiger partial charge >= 0.3 is 5.97 Å². The summed E-state index contributed by atoms with van der Waals surface area (Å²) < 4.78 is 4.82. The van der Waals surface area contributed by atoms with E-state index in [4.69, 9.17) is 10.5 Å². The van der Waals surface area contributed by atoms with Crippen LogP contribution in [0.3, 0.4) is 0 Å². The van der Waals surface area contributed by atoms with Crippen molar-refractivity contribution in [3.05, 3.63) is 53.6 Å². The van der Waals surface area contributed by atoms with Crippen molar-refractivity contribution in [1.29, 1.82) is 0 Å².